The summed E-state index contributed by atoms with van der Waals surface area (Å²) in [6.45, 7) is 1.68. The lowest BCUT2D eigenvalue weighted by Crippen LogP contribution is -2.44. The third kappa shape index (κ3) is 4.09. The largest absolute Gasteiger partial charge is 0.370 e. The van der Waals surface area contributed by atoms with Gasteiger partial charge in [-0.05, 0) is 36.5 Å². The normalized spacial score (nSPS) is 28.6. The van der Waals surface area contributed by atoms with Crippen LogP contribution in [-0.2, 0) is 9.53 Å². The fraction of sp³-hybridized carbons (Fsp3) is 0.611. The summed E-state index contributed by atoms with van der Waals surface area (Å²) in [7, 11) is 0. The van der Waals surface area contributed by atoms with E-state index in [0.29, 0.717) is 32.0 Å². The minimum Gasteiger partial charge on any atom is -0.370 e. The maximum atomic E-state index is 13.0. The van der Waals surface area contributed by atoms with Crippen LogP contribution in [0.2, 0.25) is 0 Å². The van der Waals surface area contributed by atoms with E-state index in [0.717, 1.165) is 18.4 Å². The van der Waals surface area contributed by atoms with Crippen molar-refractivity contribution in [1.29, 1.82) is 0 Å². The van der Waals surface area contributed by atoms with Gasteiger partial charge in [-0.25, -0.2) is 4.39 Å². The molecule has 1 aliphatic carbocycles. The molecule has 3 atom stereocenters. The molecule has 0 radical (unpaired) electrons. The third-order valence-electron chi connectivity index (χ3n) is 5.07. The summed E-state index contributed by atoms with van der Waals surface area (Å²) in [6, 6.07) is 6.47. The molecule has 3 rings (SSSR count). The van der Waals surface area contributed by atoms with Crippen molar-refractivity contribution in [3.05, 3.63) is 35.6 Å². The molecule has 0 spiro atoms. The lowest BCUT2D eigenvalue weighted by molar-refractivity contribution is -0.140. The van der Waals surface area contributed by atoms with Crippen molar-refractivity contribution in [2.45, 2.75) is 44.2 Å². The van der Waals surface area contributed by atoms with Crippen molar-refractivity contribution in [2.75, 3.05) is 19.7 Å². The highest BCUT2D eigenvalue weighted by molar-refractivity contribution is 5.76. The van der Waals surface area contributed by atoms with E-state index in [1.165, 1.54) is 25.0 Å². The molecular formula is C18H25FN2O2. The third-order valence-corrected chi connectivity index (χ3v) is 5.07. The number of nitrogens with zero attached hydrogens (tertiary/aromatic N) is 1. The molecule has 1 aromatic carbocycles. The summed E-state index contributed by atoms with van der Waals surface area (Å²) in [5.74, 6) is 0.218. The van der Waals surface area contributed by atoms with Gasteiger partial charge in [0, 0.05) is 19.0 Å². The Balaban J connectivity index is 1.59. The number of ether oxygens (including phenoxy) is 1. The number of carbonyl (C=O) groups excluding carboxylic acids is 1. The molecule has 1 saturated heterocycles. The average molecular weight is 320 g/mol. The van der Waals surface area contributed by atoms with Gasteiger partial charge in [0.1, 0.15) is 11.9 Å². The van der Waals surface area contributed by atoms with Crippen molar-refractivity contribution >= 4 is 5.91 Å². The minimum absolute atomic E-state index is 0.154. The minimum atomic E-state index is -0.260. The van der Waals surface area contributed by atoms with Crippen LogP contribution in [0.25, 0.3) is 0 Å². The first-order valence-corrected chi connectivity index (χ1v) is 8.54. The molecule has 5 heteroatoms. The molecule has 0 bridgehead atoms. The van der Waals surface area contributed by atoms with Gasteiger partial charge in [0.25, 0.3) is 0 Å². The van der Waals surface area contributed by atoms with Crippen LogP contribution in [0.3, 0.4) is 0 Å². The van der Waals surface area contributed by atoms with Gasteiger partial charge in [-0.1, -0.05) is 25.0 Å². The highest BCUT2D eigenvalue weighted by Crippen LogP contribution is 2.28. The molecule has 23 heavy (non-hydrogen) atoms. The Labute approximate surface area is 136 Å². The smallest absolute Gasteiger partial charge is 0.223 e. The van der Waals surface area contributed by atoms with Crippen molar-refractivity contribution in [3.8, 4) is 0 Å². The van der Waals surface area contributed by atoms with Crippen LogP contribution >= 0.6 is 0 Å². The van der Waals surface area contributed by atoms with Crippen LogP contribution in [0.15, 0.2) is 24.3 Å². The van der Waals surface area contributed by atoms with Gasteiger partial charge in [0.15, 0.2) is 0 Å². The Kier molecular flexibility index (Phi) is 5.28. The number of morpholine rings is 1. The van der Waals surface area contributed by atoms with Gasteiger partial charge in [-0.15, -0.1) is 0 Å². The van der Waals surface area contributed by atoms with Gasteiger partial charge in [-0.2, -0.15) is 0 Å². The van der Waals surface area contributed by atoms with E-state index in [1.807, 2.05) is 4.90 Å². The summed E-state index contributed by atoms with van der Waals surface area (Å²) in [6.07, 6.45) is 4.80. The molecule has 0 aromatic heterocycles. The number of carbonyl (C=O) groups is 1. The van der Waals surface area contributed by atoms with Gasteiger partial charge < -0.3 is 15.4 Å². The van der Waals surface area contributed by atoms with Gasteiger partial charge >= 0.3 is 0 Å². The zero-order valence-corrected chi connectivity index (χ0v) is 13.4. The first kappa shape index (κ1) is 16.4. The van der Waals surface area contributed by atoms with Gasteiger partial charge in [0.05, 0.1) is 13.2 Å². The lowest BCUT2D eigenvalue weighted by Gasteiger charge is -2.35. The Hall–Kier alpha value is -1.46. The summed E-state index contributed by atoms with van der Waals surface area (Å²) in [4.78, 5) is 14.5. The molecule has 2 N–H and O–H groups in total. The van der Waals surface area contributed by atoms with E-state index in [9.17, 15) is 9.18 Å². The number of nitrogens with two attached hydrogens (primary N) is 1. The van der Waals surface area contributed by atoms with Gasteiger partial charge in [-0.3, -0.25) is 4.79 Å². The second-order valence-electron chi connectivity index (χ2n) is 6.66. The second kappa shape index (κ2) is 7.41. The zero-order chi connectivity index (χ0) is 16.2. The molecular weight excluding hydrogens is 295 g/mol. The number of benzene rings is 1. The van der Waals surface area contributed by atoms with E-state index in [2.05, 4.69) is 0 Å². The lowest BCUT2D eigenvalue weighted by atomic mass is 9.82. The SMILES string of the molecule is NC1CCCCC1CC(=O)N1CCOC(c2ccc(F)cc2)C1. The predicted molar refractivity (Wildman–Crippen MR) is 86.2 cm³/mol. The van der Waals surface area contributed by atoms with E-state index in [1.54, 1.807) is 12.1 Å². The molecule has 1 heterocycles. The molecule has 4 nitrogen and oxygen atoms in total. The summed E-state index contributed by atoms with van der Waals surface area (Å²) in [5, 5.41) is 0. The summed E-state index contributed by atoms with van der Waals surface area (Å²) >= 11 is 0. The number of hydrogen-bond acceptors (Lipinski definition) is 3. The van der Waals surface area contributed by atoms with Crippen LogP contribution in [0.1, 0.15) is 43.8 Å². The molecule has 1 amide bonds. The van der Waals surface area contributed by atoms with E-state index in [-0.39, 0.29) is 23.9 Å². The fourth-order valence-corrected chi connectivity index (χ4v) is 3.60. The topological polar surface area (TPSA) is 55.6 Å². The van der Waals surface area contributed by atoms with Gasteiger partial charge in [0.2, 0.25) is 5.91 Å². The van der Waals surface area contributed by atoms with E-state index >= 15 is 0 Å². The Morgan fingerprint density at radius 1 is 1.26 bits per heavy atom. The Morgan fingerprint density at radius 3 is 2.74 bits per heavy atom. The Morgan fingerprint density at radius 2 is 2.00 bits per heavy atom. The number of hydrogen-bond donors (Lipinski definition) is 1. The Bertz CT molecular complexity index is 534. The highest BCUT2D eigenvalue weighted by Gasteiger charge is 2.29. The maximum absolute atomic E-state index is 13.0. The quantitative estimate of drug-likeness (QED) is 0.931. The zero-order valence-electron chi connectivity index (χ0n) is 13.4. The van der Waals surface area contributed by atoms with E-state index in [4.69, 9.17) is 10.5 Å². The number of rotatable bonds is 3. The molecule has 3 unspecified atom stereocenters. The molecule has 2 aliphatic rings. The second-order valence-corrected chi connectivity index (χ2v) is 6.66. The molecule has 126 valence electrons. The fourth-order valence-electron chi connectivity index (χ4n) is 3.60. The molecule has 1 aliphatic heterocycles. The molecule has 1 aromatic rings. The standard InChI is InChI=1S/C18H25FN2O2/c19-15-7-5-13(6-8-15)17-12-21(9-10-23-17)18(22)11-14-3-1-2-4-16(14)20/h5-8,14,16-17H,1-4,9-12,20H2. The van der Waals surface area contributed by atoms with Crippen molar-refractivity contribution in [1.82, 2.24) is 4.90 Å². The van der Waals surface area contributed by atoms with Crippen LogP contribution in [0.5, 0.6) is 0 Å². The number of amides is 1. The van der Waals surface area contributed by atoms with Crippen molar-refractivity contribution in [2.24, 2.45) is 11.7 Å². The highest BCUT2D eigenvalue weighted by atomic mass is 19.1. The van der Waals surface area contributed by atoms with Crippen molar-refractivity contribution in [3.63, 3.8) is 0 Å². The van der Waals surface area contributed by atoms with Crippen LogP contribution < -0.4 is 5.73 Å². The van der Waals surface area contributed by atoms with E-state index < -0.39 is 0 Å². The average Bonchev–Trinajstić information content (AvgIpc) is 2.58. The molecule has 2 fully saturated rings. The first-order chi connectivity index (χ1) is 11.1. The number of halogens is 1. The molecule has 1 saturated carbocycles. The van der Waals surface area contributed by atoms with Crippen LogP contribution in [-0.4, -0.2) is 36.5 Å². The predicted octanol–water partition coefficient (Wildman–Crippen LogP) is 2.63. The van der Waals surface area contributed by atoms with Crippen molar-refractivity contribution < 1.29 is 13.9 Å². The van der Waals surface area contributed by atoms with Crippen LogP contribution in [0.4, 0.5) is 4.39 Å². The van der Waals surface area contributed by atoms with Crippen LogP contribution in [0, 0.1) is 11.7 Å². The summed E-state index contributed by atoms with van der Waals surface area (Å²) in [5.41, 5.74) is 7.07. The first-order valence-electron chi connectivity index (χ1n) is 8.54. The summed E-state index contributed by atoms with van der Waals surface area (Å²) < 4.78 is 18.8. The maximum Gasteiger partial charge on any atom is 0.223 e. The monoisotopic (exact) mass is 320 g/mol.